The van der Waals surface area contributed by atoms with E-state index < -0.39 is 0 Å². The Kier molecular flexibility index (Phi) is 7.28. The van der Waals surface area contributed by atoms with E-state index in [0.717, 1.165) is 22.0 Å². The van der Waals surface area contributed by atoms with Crippen LogP contribution in [-0.2, 0) is 11.2 Å². The van der Waals surface area contributed by atoms with Crippen molar-refractivity contribution in [3.63, 3.8) is 0 Å². The summed E-state index contributed by atoms with van der Waals surface area (Å²) in [5, 5.41) is 4.58. The number of rotatable bonds is 7. The van der Waals surface area contributed by atoms with Crippen LogP contribution in [0.4, 0.5) is 0 Å². The summed E-state index contributed by atoms with van der Waals surface area (Å²) in [5.74, 6) is 0.499. The first-order valence-corrected chi connectivity index (χ1v) is 8.74. The van der Waals surface area contributed by atoms with Gasteiger partial charge in [-0.2, -0.15) is 5.10 Å². The Morgan fingerprint density at radius 1 is 1.29 bits per heavy atom. The molecule has 0 aliphatic heterocycles. The molecule has 0 atom stereocenters. The summed E-state index contributed by atoms with van der Waals surface area (Å²) in [6.07, 6.45) is 2.71. The second kappa shape index (κ2) is 9.45. The molecule has 24 heavy (non-hydrogen) atoms. The molecule has 6 heteroatoms. The first-order valence-electron chi connectivity index (χ1n) is 7.57. The summed E-state index contributed by atoms with van der Waals surface area (Å²) in [6.45, 7) is 2.64. The van der Waals surface area contributed by atoms with Crippen LogP contribution in [0.5, 0.6) is 5.75 Å². The van der Waals surface area contributed by atoms with Crippen molar-refractivity contribution in [1.82, 2.24) is 5.43 Å². The number of nitrogens with zero attached hydrogens (tertiary/aromatic N) is 1. The van der Waals surface area contributed by atoms with Gasteiger partial charge in [-0.25, -0.2) is 5.43 Å². The molecule has 0 aliphatic carbocycles. The molecule has 0 unspecified atom stereocenters. The molecule has 2 aromatic rings. The molecule has 0 radical (unpaired) electrons. The number of hydrazone groups is 1. The van der Waals surface area contributed by atoms with E-state index in [1.165, 1.54) is 6.21 Å². The molecule has 0 aliphatic rings. The van der Waals surface area contributed by atoms with Gasteiger partial charge < -0.3 is 4.74 Å². The molecule has 1 amide bonds. The van der Waals surface area contributed by atoms with Crippen molar-refractivity contribution in [1.29, 1.82) is 0 Å². The predicted molar refractivity (Wildman–Crippen MR) is 101 cm³/mol. The molecule has 0 bridgehead atoms. The van der Waals surface area contributed by atoms with Gasteiger partial charge in [-0.05, 0) is 42.3 Å². The Balaban J connectivity index is 1.96. The lowest BCUT2D eigenvalue weighted by atomic mass is 10.1. The number of carbonyl (C=O) groups excluding carboxylic acids is 1. The number of benzene rings is 2. The minimum atomic E-state index is -0.188. The fourth-order valence-corrected chi connectivity index (χ4v) is 2.41. The maximum Gasteiger partial charge on any atom is 0.244 e. The Morgan fingerprint density at radius 3 is 2.75 bits per heavy atom. The Bertz CT molecular complexity index is 717. The molecule has 1 N–H and O–H groups in total. The van der Waals surface area contributed by atoms with Crippen LogP contribution in [0.1, 0.15) is 24.5 Å². The van der Waals surface area contributed by atoms with Gasteiger partial charge in [0.2, 0.25) is 5.91 Å². The molecule has 0 spiro atoms. The van der Waals surface area contributed by atoms with Gasteiger partial charge in [0.05, 0.1) is 19.2 Å². The molecular weight excluding hydrogens is 392 g/mol. The molecular formula is C18H18BrClN2O2. The monoisotopic (exact) mass is 408 g/mol. The van der Waals surface area contributed by atoms with E-state index in [-0.39, 0.29) is 12.3 Å². The predicted octanol–water partition coefficient (Wildman–Crippen LogP) is 4.58. The van der Waals surface area contributed by atoms with Crippen LogP contribution in [0, 0.1) is 0 Å². The fraction of sp³-hybridized carbons (Fsp3) is 0.222. The summed E-state index contributed by atoms with van der Waals surface area (Å²) in [7, 11) is 0. The van der Waals surface area contributed by atoms with Gasteiger partial charge in [0.15, 0.2) is 0 Å². The average Bonchev–Trinajstić information content (AvgIpc) is 2.56. The van der Waals surface area contributed by atoms with E-state index in [2.05, 4.69) is 26.5 Å². The van der Waals surface area contributed by atoms with Gasteiger partial charge in [0.1, 0.15) is 5.75 Å². The number of carbonyl (C=O) groups is 1. The Morgan fingerprint density at radius 2 is 2.04 bits per heavy atom. The largest absolute Gasteiger partial charge is 0.493 e. The normalized spacial score (nSPS) is 10.8. The van der Waals surface area contributed by atoms with Gasteiger partial charge in [0.25, 0.3) is 0 Å². The molecule has 0 aromatic heterocycles. The van der Waals surface area contributed by atoms with Crippen molar-refractivity contribution >= 4 is 39.7 Å². The van der Waals surface area contributed by atoms with Crippen molar-refractivity contribution in [2.75, 3.05) is 6.61 Å². The van der Waals surface area contributed by atoms with Crippen molar-refractivity contribution in [3.8, 4) is 5.75 Å². The highest BCUT2D eigenvalue weighted by atomic mass is 79.9. The summed E-state index contributed by atoms with van der Waals surface area (Å²) in [4.78, 5) is 11.9. The molecule has 0 fully saturated rings. The quantitative estimate of drug-likeness (QED) is 0.537. The van der Waals surface area contributed by atoms with Crippen molar-refractivity contribution in [3.05, 3.63) is 63.1 Å². The van der Waals surface area contributed by atoms with Crippen LogP contribution in [-0.4, -0.2) is 18.7 Å². The molecule has 2 rings (SSSR count). The molecule has 2 aromatic carbocycles. The van der Waals surface area contributed by atoms with Crippen LogP contribution in [0.25, 0.3) is 0 Å². The van der Waals surface area contributed by atoms with E-state index in [9.17, 15) is 4.79 Å². The average molecular weight is 410 g/mol. The first kappa shape index (κ1) is 18.5. The van der Waals surface area contributed by atoms with Crippen LogP contribution < -0.4 is 10.2 Å². The van der Waals surface area contributed by atoms with E-state index in [1.807, 2.05) is 31.2 Å². The molecule has 0 heterocycles. The second-order valence-electron chi connectivity index (χ2n) is 5.13. The van der Waals surface area contributed by atoms with Crippen LogP contribution >= 0.6 is 27.5 Å². The number of amides is 1. The molecule has 126 valence electrons. The number of halogens is 2. The molecule has 0 saturated heterocycles. The topological polar surface area (TPSA) is 50.7 Å². The number of hydrogen-bond donors (Lipinski definition) is 1. The number of ether oxygens (including phenoxy) is 1. The van der Waals surface area contributed by atoms with Gasteiger partial charge in [0, 0.05) is 15.1 Å². The number of hydrogen-bond acceptors (Lipinski definition) is 3. The van der Waals surface area contributed by atoms with Crippen LogP contribution in [0.15, 0.2) is 52.0 Å². The zero-order valence-electron chi connectivity index (χ0n) is 13.3. The minimum Gasteiger partial charge on any atom is -0.493 e. The molecule has 4 nitrogen and oxygen atoms in total. The third-order valence-electron chi connectivity index (χ3n) is 3.10. The van der Waals surface area contributed by atoms with E-state index >= 15 is 0 Å². The third kappa shape index (κ3) is 5.98. The highest BCUT2D eigenvalue weighted by Crippen LogP contribution is 2.21. The Labute approximate surface area is 155 Å². The van der Waals surface area contributed by atoms with Crippen LogP contribution in [0.2, 0.25) is 5.02 Å². The minimum absolute atomic E-state index is 0.188. The van der Waals surface area contributed by atoms with Gasteiger partial charge in [-0.3, -0.25) is 4.79 Å². The fourth-order valence-electron chi connectivity index (χ4n) is 1.96. The van der Waals surface area contributed by atoms with E-state index in [1.54, 1.807) is 18.2 Å². The lowest BCUT2D eigenvalue weighted by Crippen LogP contribution is -2.19. The van der Waals surface area contributed by atoms with Gasteiger partial charge in [-0.15, -0.1) is 0 Å². The van der Waals surface area contributed by atoms with Crippen molar-refractivity contribution in [2.45, 2.75) is 19.8 Å². The van der Waals surface area contributed by atoms with E-state index in [4.69, 9.17) is 16.3 Å². The van der Waals surface area contributed by atoms with Crippen molar-refractivity contribution < 1.29 is 9.53 Å². The summed E-state index contributed by atoms with van der Waals surface area (Å²) < 4.78 is 6.62. The van der Waals surface area contributed by atoms with Crippen molar-refractivity contribution in [2.24, 2.45) is 5.10 Å². The molecule has 0 saturated carbocycles. The van der Waals surface area contributed by atoms with E-state index in [0.29, 0.717) is 17.4 Å². The lowest BCUT2D eigenvalue weighted by Gasteiger charge is -2.08. The van der Waals surface area contributed by atoms with Gasteiger partial charge in [-0.1, -0.05) is 46.6 Å². The first-order chi connectivity index (χ1) is 11.6. The number of nitrogens with one attached hydrogen (secondary N) is 1. The summed E-state index contributed by atoms with van der Waals surface area (Å²) in [5.41, 5.74) is 4.16. The highest BCUT2D eigenvalue weighted by molar-refractivity contribution is 9.10. The standard InChI is InChI=1S/C18H18BrClN2O2/c1-2-9-24-17-8-7-16(20)11-14(17)12-21-22-18(23)10-13-3-5-15(19)6-4-13/h3-8,11-12H,2,9-10H2,1H3,(H,22,23)/b21-12-. The highest BCUT2D eigenvalue weighted by Gasteiger charge is 2.04. The smallest absolute Gasteiger partial charge is 0.244 e. The second-order valence-corrected chi connectivity index (χ2v) is 6.48. The summed E-state index contributed by atoms with van der Waals surface area (Å²) >= 11 is 9.37. The Hall–Kier alpha value is -1.85. The maximum absolute atomic E-state index is 11.9. The zero-order valence-corrected chi connectivity index (χ0v) is 15.6. The SMILES string of the molecule is CCCOc1ccc(Cl)cc1/C=N\NC(=O)Cc1ccc(Br)cc1. The maximum atomic E-state index is 11.9. The van der Waals surface area contributed by atoms with Gasteiger partial charge >= 0.3 is 0 Å². The third-order valence-corrected chi connectivity index (χ3v) is 3.87. The lowest BCUT2D eigenvalue weighted by molar-refractivity contribution is -0.120. The zero-order chi connectivity index (χ0) is 17.4. The van der Waals surface area contributed by atoms with Crippen LogP contribution in [0.3, 0.4) is 0 Å². The summed E-state index contributed by atoms with van der Waals surface area (Å²) in [6, 6.07) is 12.9.